The Hall–Kier alpha value is -3.10. The minimum atomic E-state index is -1.11. The van der Waals surface area contributed by atoms with Crippen molar-refractivity contribution in [2.24, 2.45) is 40.9 Å². The van der Waals surface area contributed by atoms with E-state index >= 15 is 0 Å². The number of carboxylic acids is 1. The first kappa shape index (κ1) is 41.0. The summed E-state index contributed by atoms with van der Waals surface area (Å²) in [6.45, 7) is 14.8. The van der Waals surface area contributed by atoms with Gasteiger partial charge in [0.1, 0.15) is 18.4 Å². The Morgan fingerprint density at radius 1 is 0.714 bits per heavy atom. The van der Waals surface area contributed by atoms with Gasteiger partial charge in [-0.1, -0.05) is 55.4 Å². The van der Waals surface area contributed by atoms with E-state index in [9.17, 15) is 28.8 Å². The smallest absolute Gasteiger partial charge is 0.326 e. The molecular formula is C28H55N7O7. The Bertz CT molecular complexity index is 866. The predicted molar refractivity (Wildman–Crippen MR) is 161 cm³/mol. The number of unbranched alkanes of at least 4 members (excludes halogenated alkanes) is 1. The minimum Gasteiger partial charge on any atom is -0.480 e. The molecule has 0 aromatic heterocycles. The molecule has 0 aromatic carbocycles. The van der Waals surface area contributed by atoms with Gasteiger partial charge in [-0.15, -0.1) is 0 Å². The highest BCUT2D eigenvalue weighted by atomic mass is 16.4. The molecule has 0 saturated heterocycles. The van der Waals surface area contributed by atoms with E-state index in [0.717, 1.165) is 0 Å². The largest absolute Gasteiger partial charge is 0.480 e. The maximum Gasteiger partial charge on any atom is 0.326 e. The zero-order valence-electron chi connectivity index (χ0n) is 26.4. The van der Waals surface area contributed by atoms with Gasteiger partial charge in [0.05, 0.1) is 24.7 Å². The summed E-state index contributed by atoms with van der Waals surface area (Å²) in [5.41, 5.74) is 16.7. The van der Waals surface area contributed by atoms with Crippen molar-refractivity contribution in [3.63, 3.8) is 0 Å². The van der Waals surface area contributed by atoms with Crippen LogP contribution in [0.3, 0.4) is 0 Å². The van der Waals surface area contributed by atoms with Crippen molar-refractivity contribution in [3.8, 4) is 0 Å². The van der Waals surface area contributed by atoms with Gasteiger partial charge >= 0.3 is 5.97 Å². The molecule has 0 fully saturated rings. The lowest BCUT2D eigenvalue weighted by atomic mass is 9.99. The van der Waals surface area contributed by atoms with Crippen LogP contribution in [0.5, 0.6) is 0 Å². The van der Waals surface area contributed by atoms with E-state index in [1.807, 2.05) is 41.5 Å². The first-order valence-corrected chi connectivity index (χ1v) is 14.5. The molecule has 14 nitrogen and oxygen atoms in total. The number of amides is 4. The molecule has 0 spiro atoms. The van der Waals surface area contributed by atoms with Gasteiger partial charge in [0, 0.05) is 0 Å². The average Bonchev–Trinajstić information content (AvgIpc) is 2.91. The molecule has 0 radical (unpaired) electrons. The van der Waals surface area contributed by atoms with Crippen molar-refractivity contribution in [2.45, 2.75) is 105 Å². The van der Waals surface area contributed by atoms with Crippen molar-refractivity contribution in [1.29, 1.82) is 0 Å². The van der Waals surface area contributed by atoms with Crippen molar-refractivity contribution >= 4 is 35.9 Å². The summed E-state index contributed by atoms with van der Waals surface area (Å²) >= 11 is 0. The SMILES string of the molecule is CC(C)[C@H](N)C(=O)NCC(=O)N[C@@H](CCCCN)C(=O)O.CC(C)[C@H](N)C(=O)N[C@H](C(=O)N[C@H](C=O)C(C)C)C(C)C. The quantitative estimate of drug-likeness (QED) is 0.0720. The number of aldehydes is 1. The van der Waals surface area contributed by atoms with Crippen molar-refractivity contribution < 1.29 is 33.9 Å². The average molecular weight is 602 g/mol. The molecule has 4 amide bonds. The van der Waals surface area contributed by atoms with Crippen LogP contribution in [0.1, 0.15) is 74.7 Å². The van der Waals surface area contributed by atoms with Gasteiger partial charge in [-0.3, -0.25) is 19.2 Å². The number of hydrogen-bond donors (Lipinski definition) is 8. The lowest BCUT2D eigenvalue weighted by Gasteiger charge is -2.26. The fraction of sp³-hybridized carbons (Fsp3) is 0.786. The molecule has 5 atom stereocenters. The first-order chi connectivity index (χ1) is 19.4. The van der Waals surface area contributed by atoms with Crippen LogP contribution >= 0.6 is 0 Å². The van der Waals surface area contributed by atoms with Crippen LogP contribution in [0.15, 0.2) is 0 Å². The highest BCUT2D eigenvalue weighted by molar-refractivity contribution is 5.91. The van der Waals surface area contributed by atoms with Crippen LogP contribution in [0.25, 0.3) is 0 Å². The van der Waals surface area contributed by atoms with Crippen LogP contribution in [0.2, 0.25) is 0 Å². The topological polar surface area (TPSA) is 249 Å². The summed E-state index contributed by atoms with van der Waals surface area (Å²) in [5.74, 6) is -2.98. The fourth-order valence-electron chi connectivity index (χ4n) is 3.28. The molecule has 0 aliphatic rings. The fourth-order valence-corrected chi connectivity index (χ4v) is 3.28. The Balaban J connectivity index is 0. The lowest BCUT2D eigenvalue weighted by molar-refractivity contribution is -0.142. The highest BCUT2D eigenvalue weighted by Crippen LogP contribution is 2.07. The van der Waals surface area contributed by atoms with Crippen LogP contribution < -0.4 is 38.5 Å². The van der Waals surface area contributed by atoms with Gasteiger partial charge in [0.25, 0.3) is 0 Å². The normalized spacial score (nSPS) is 14.6. The summed E-state index contributed by atoms with van der Waals surface area (Å²) in [7, 11) is 0. The van der Waals surface area contributed by atoms with Crippen molar-refractivity contribution in [3.05, 3.63) is 0 Å². The van der Waals surface area contributed by atoms with Gasteiger partial charge in [-0.2, -0.15) is 0 Å². The third-order valence-corrected chi connectivity index (χ3v) is 6.47. The molecule has 0 aromatic rings. The molecule has 244 valence electrons. The molecule has 0 bridgehead atoms. The first-order valence-electron chi connectivity index (χ1n) is 14.5. The maximum absolute atomic E-state index is 12.3. The minimum absolute atomic E-state index is 0.00659. The summed E-state index contributed by atoms with van der Waals surface area (Å²) in [4.78, 5) is 69.5. The molecule has 0 saturated carbocycles. The van der Waals surface area contributed by atoms with Gasteiger partial charge in [0.15, 0.2) is 0 Å². The van der Waals surface area contributed by atoms with Crippen LogP contribution in [-0.4, -0.2) is 84.3 Å². The zero-order valence-corrected chi connectivity index (χ0v) is 26.4. The van der Waals surface area contributed by atoms with Gasteiger partial charge in [-0.05, 0) is 49.5 Å². The predicted octanol–water partition coefficient (Wildman–Crippen LogP) is -0.765. The van der Waals surface area contributed by atoms with E-state index < -0.39 is 48.0 Å². The second-order valence-electron chi connectivity index (χ2n) is 11.6. The van der Waals surface area contributed by atoms with E-state index in [2.05, 4.69) is 21.3 Å². The maximum atomic E-state index is 12.3. The number of hydrogen-bond acceptors (Lipinski definition) is 9. The summed E-state index contributed by atoms with van der Waals surface area (Å²) in [6.07, 6.45) is 2.32. The van der Waals surface area contributed by atoms with Crippen LogP contribution in [0.4, 0.5) is 0 Å². The summed E-state index contributed by atoms with van der Waals surface area (Å²) in [5, 5.41) is 19.1. The monoisotopic (exact) mass is 601 g/mol. The van der Waals surface area contributed by atoms with E-state index in [0.29, 0.717) is 32.1 Å². The van der Waals surface area contributed by atoms with Gasteiger partial charge in [0.2, 0.25) is 23.6 Å². The summed E-state index contributed by atoms with van der Waals surface area (Å²) in [6, 6.07) is -3.60. The number of nitrogens with one attached hydrogen (secondary N) is 4. The second-order valence-corrected chi connectivity index (χ2v) is 11.6. The van der Waals surface area contributed by atoms with E-state index in [1.165, 1.54) is 0 Å². The Kier molecular flexibility index (Phi) is 21.1. The highest BCUT2D eigenvalue weighted by Gasteiger charge is 2.29. The molecule has 11 N–H and O–H groups in total. The molecule has 0 rings (SSSR count). The van der Waals surface area contributed by atoms with Crippen LogP contribution in [-0.2, 0) is 28.8 Å². The van der Waals surface area contributed by atoms with Crippen molar-refractivity contribution in [1.82, 2.24) is 21.3 Å². The number of aliphatic carboxylic acids is 1. The van der Waals surface area contributed by atoms with Gasteiger partial charge < -0.3 is 48.4 Å². The number of carbonyl (C=O) groups excluding carboxylic acids is 5. The third-order valence-electron chi connectivity index (χ3n) is 6.47. The molecule has 0 heterocycles. The number of nitrogens with two attached hydrogens (primary N) is 3. The van der Waals surface area contributed by atoms with Crippen LogP contribution in [0, 0.1) is 23.7 Å². The standard InChI is InChI=1S/C15H29N3O3.C13H26N4O4/c1-8(2)11(7-19)17-15(21)13(10(5)6)18-14(20)12(16)9(3)4;1-8(2)11(15)12(19)16-7-10(18)17-9(13(20)21)5-3-4-6-14/h7-13H,16H2,1-6H3,(H,17,21)(H,18,20);8-9,11H,3-7,14-15H2,1-2H3,(H,16,19)(H,17,18)(H,20,21)/t11-,12+,13+;9-,11-/m10/s1. The van der Waals surface area contributed by atoms with Crippen molar-refractivity contribution in [2.75, 3.05) is 13.1 Å². The Labute approximate surface area is 250 Å². The Morgan fingerprint density at radius 3 is 1.64 bits per heavy atom. The van der Waals surface area contributed by atoms with E-state index in [4.69, 9.17) is 22.3 Å². The molecule has 14 heteroatoms. The molecule has 0 aliphatic heterocycles. The Morgan fingerprint density at radius 2 is 1.24 bits per heavy atom. The van der Waals surface area contributed by atoms with Gasteiger partial charge in [-0.25, -0.2) is 4.79 Å². The molecule has 0 unspecified atom stereocenters. The molecule has 42 heavy (non-hydrogen) atoms. The third kappa shape index (κ3) is 17.0. The number of carbonyl (C=O) groups is 6. The summed E-state index contributed by atoms with van der Waals surface area (Å²) < 4.78 is 0. The van der Waals surface area contributed by atoms with E-state index in [1.54, 1.807) is 13.8 Å². The second kappa shape index (κ2) is 21.6. The number of carboxylic acid groups (broad SMARTS) is 1. The zero-order chi connectivity index (χ0) is 33.2. The number of rotatable bonds is 18. The lowest BCUT2D eigenvalue weighted by Crippen LogP contribution is -2.56. The molecular weight excluding hydrogens is 546 g/mol. The molecule has 0 aliphatic carbocycles. The van der Waals surface area contributed by atoms with E-state index in [-0.39, 0.29) is 42.0 Å².